The van der Waals surface area contributed by atoms with Gasteiger partial charge >= 0.3 is 6.09 Å². The third-order valence-corrected chi connectivity index (χ3v) is 4.48. The number of amides is 3. The molecule has 2 aliphatic rings. The molecule has 0 spiro atoms. The fourth-order valence-electron chi connectivity index (χ4n) is 2.98. The predicted molar refractivity (Wildman–Crippen MR) is 80.0 cm³/mol. The summed E-state index contributed by atoms with van der Waals surface area (Å²) in [6.07, 6.45) is 1.85. The van der Waals surface area contributed by atoms with E-state index in [1.807, 2.05) is 0 Å². The molecule has 0 saturated carbocycles. The van der Waals surface area contributed by atoms with E-state index in [9.17, 15) is 14.4 Å². The van der Waals surface area contributed by atoms with Gasteiger partial charge in [-0.1, -0.05) is 0 Å². The smallest absolute Gasteiger partial charge is 0.407 e. The van der Waals surface area contributed by atoms with Crippen LogP contribution in [-0.2, 0) is 9.59 Å². The summed E-state index contributed by atoms with van der Waals surface area (Å²) in [6, 6.07) is 0. The van der Waals surface area contributed by atoms with Crippen molar-refractivity contribution in [3.63, 3.8) is 0 Å². The second-order valence-electron chi connectivity index (χ2n) is 6.06. The highest BCUT2D eigenvalue weighted by Gasteiger charge is 2.27. The number of carbonyl (C=O) groups is 3. The Bertz CT molecular complexity index is 507. The van der Waals surface area contributed by atoms with Gasteiger partial charge in [-0.05, 0) is 32.1 Å². The van der Waals surface area contributed by atoms with Crippen LogP contribution in [0.4, 0.5) is 4.79 Å². The number of likely N-dealkylation sites (tertiary alicyclic amines) is 1. The number of carboxylic acid groups (broad SMARTS) is 1. The number of nitrogens with zero attached hydrogens (tertiary/aromatic N) is 2. The Morgan fingerprint density at radius 2 is 2.00 bits per heavy atom. The molecule has 0 aromatic heterocycles. The van der Waals surface area contributed by atoms with Crippen molar-refractivity contribution >= 4 is 17.9 Å². The summed E-state index contributed by atoms with van der Waals surface area (Å²) in [5, 5.41) is 11.6. The lowest BCUT2D eigenvalue weighted by atomic mass is 9.93. The number of hydrogen-bond acceptors (Lipinski definition) is 3. The minimum absolute atomic E-state index is 0.0983. The summed E-state index contributed by atoms with van der Waals surface area (Å²) in [5.41, 5.74) is 1.20. The summed E-state index contributed by atoms with van der Waals surface area (Å²) < 4.78 is 0. The molecule has 2 rings (SSSR count). The lowest BCUT2D eigenvalue weighted by Crippen LogP contribution is -2.38. The molecule has 1 saturated heterocycles. The zero-order valence-electron chi connectivity index (χ0n) is 13.1. The van der Waals surface area contributed by atoms with Crippen molar-refractivity contribution in [2.45, 2.75) is 32.6 Å². The zero-order chi connectivity index (χ0) is 16.3. The topological polar surface area (TPSA) is 90.0 Å². The molecule has 122 valence electrons. The Kier molecular flexibility index (Phi) is 5.05. The highest BCUT2D eigenvalue weighted by molar-refractivity contribution is 6.02. The van der Waals surface area contributed by atoms with E-state index in [0.717, 1.165) is 19.3 Å². The van der Waals surface area contributed by atoms with Gasteiger partial charge in [0.1, 0.15) is 0 Å². The van der Waals surface area contributed by atoms with Crippen molar-refractivity contribution in [3.8, 4) is 0 Å². The Morgan fingerprint density at radius 1 is 1.36 bits per heavy atom. The molecule has 0 aromatic carbocycles. The number of carbonyl (C=O) groups excluding carboxylic acids is 2. The van der Waals surface area contributed by atoms with Crippen LogP contribution < -0.4 is 5.32 Å². The Morgan fingerprint density at radius 3 is 2.50 bits per heavy atom. The largest absolute Gasteiger partial charge is 0.465 e. The van der Waals surface area contributed by atoms with Crippen LogP contribution in [0, 0.1) is 5.92 Å². The number of rotatable bonds is 4. The maximum absolute atomic E-state index is 12.3. The van der Waals surface area contributed by atoms with Crippen molar-refractivity contribution in [2.24, 2.45) is 5.92 Å². The van der Waals surface area contributed by atoms with Crippen LogP contribution in [0.3, 0.4) is 0 Å². The number of nitrogens with one attached hydrogen (secondary N) is 1. The average Bonchev–Trinajstić information content (AvgIpc) is 2.83. The first kappa shape index (κ1) is 16.3. The molecule has 0 unspecified atom stereocenters. The zero-order valence-corrected chi connectivity index (χ0v) is 13.1. The van der Waals surface area contributed by atoms with E-state index >= 15 is 0 Å². The maximum Gasteiger partial charge on any atom is 0.407 e. The summed E-state index contributed by atoms with van der Waals surface area (Å²) in [6.45, 7) is 3.51. The van der Waals surface area contributed by atoms with Crippen LogP contribution in [0.15, 0.2) is 11.3 Å². The standard InChI is InChI=1S/C15H23N3O4/c1-10-12(9-13(19)16-10)14(20)17(2)6-3-11-4-7-18(8-5-11)15(21)22/h11H,3-9H2,1-2H3,(H,16,19)(H,21,22). The van der Waals surface area contributed by atoms with Gasteiger partial charge in [-0.15, -0.1) is 0 Å². The van der Waals surface area contributed by atoms with Gasteiger partial charge in [0, 0.05) is 38.0 Å². The SMILES string of the molecule is CC1=C(C(=O)N(C)CCC2CCN(C(=O)O)CC2)CC(=O)N1. The molecule has 2 aliphatic heterocycles. The first-order valence-electron chi connectivity index (χ1n) is 7.61. The minimum atomic E-state index is -0.855. The molecule has 0 aromatic rings. The van der Waals surface area contributed by atoms with Crippen molar-refractivity contribution in [1.82, 2.24) is 15.1 Å². The Labute approximate surface area is 129 Å². The van der Waals surface area contributed by atoms with E-state index in [1.165, 1.54) is 4.90 Å². The second-order valence-corrected chi connectivity index (χ2v) is 6.06. The minimum Gasteiger partial charge on any atom is -0.465 e. The molecule has 2 N–H and O–H groups in total. The van der Waals surface area contributed by atoms with Gasteiger partial charge in [0.25, 0.3) is 5.91 Å². The summed E-state index contributed by atoms with van der Waals surface area (Å²) in [7, 11) is 1.75. The van der Waals surface area contributed by atoms with Crippen LogP contribution in [0.1, 0.15) is 32.6 Å². The monoisotopic (exact) mass is 309 g/mol. The van der Waals surface area contributed by atoms with Crippen LogP contribution in [0.5, 0.6) is 0 Å². The van der Waals surface area contributed by atoms with Crippen molar-refractivity contribution in [1.29, 1.82) is 0 Å². The predicted octanol–water partition coefficient (Wildman–Crippen LogP) is 1.02. The van der Waals surface area contributed by atoms with E-state index in [2.05, 4.69) is 5.32 Å². The van der Waals surface area contributed by atoms with Crippen molar-refractivity contribution < 1.29 is 19.5 Å². The van der Waals surface area contributed by atoms with Gasteiger partial charge in [0.15, 0.2) is 0 Å². The Hall–Kier alpha value is -2.05. The highest BCUT2D eigenvalue weighted by atomic mass is 16.4. The molecule has 0 radical (unpaired) electrons. The van der Waals surface area contributed by atoms with E-state index in [0.29, 0.717) is 36.8 Å². The molecule has 1 fully saturated rings. The highest BCUT2D eigenvalue weighted by Crippen LogP contribution is 2.22. The third kappa shape index (κ3) is 3.78. The third-order valence-electron chi connectivity index (χ3n) is 4.48. The molecule has 0 bridgehead atoms. The van der Waals surface area contributed by atoms with E-state index in [-0.39, 0.29) is 18.2 Å². The molecule has 22 heavy (non-hydrogen) atoms. The molecule has 0 aliphatic carbocycles. The first-order valence-corrected chi connectivity index (χ1v) is 7.61. The van der Waals surface area contributed by atoms with E-state index in [1.54, 1.807) is 18.9 Å². The van der Waals surface area contributed by atoms with Crippen molar-refractivity contribution in [3.05, 3.63) is 11.3 Å². The van der Waals surface area contributed by atoms with Crippen LogP contribution in [0.25, 0.3) is 0 Å². The number of allylic oxidation sites excluding steroid dienone is 1. The van der Waals surface area contributed by atoms with Crippen LogP contribution in [0.2, 0.25) is 0 Å². The normalized spacial score (nSPS) is 19.4. The van der Waals surface area contributed by atoms with Gasteiger partial charge < -0.3 is 20.2 Å². The van der Waals surface area contributed by atoms with Gasteiger partial charge in [-0.3, -0.25) is 9.59 Å². The van der Waals surface area contributed by atoms with Gasteiger partial charge in [0.05, 0.1) is 6.42 Å². The number of hydrogen-bond donors (Lipinski definition) is 2. The quantitative estimate of drug-likeness (QED) is 0.811. The first-order chi connectivity index (χ1) is 10.4. The van der Waals surface area contributed by atoms with Gasteiger partial charge in [-0.2, -0.15) is 0 Å². The Balaban J connectivity index is 1.78. The summed E-state index contributed by atoms with van der Waals surface area (Å²) >= 11 is 0. The summed E-state index contributed by atoms with van der Waals surface area (Å²) in [4.78, 5) is 37.6. The molecule has 0 atom stereocenters. The summed E-state index contributed by atoms with van der Waals surface area (Å²) in [5.74, 6) is 0.221. The molecular formula is C15H23N3O4. The second kappa shape index (κ2) is 6.81. The fraction of sp³-hybridized carbons (Fsp3) is 0.667. The lowest BCUT2D eigenvalue weighted by Gasteiger charge is -2.31. The van der Waals surface area contributed by atoms with E-state index in [4.69, 9.17) is 5.11 Å². The van der Waals surface area contributed by atoms with Crippen LogP contribution in [-0.4, -0.2) is 59.5 Å². The number of piperidine rings is 1. The molecule has 7 heteroatoms. The van der Waals surface area contributed by atoms with Crippen LogP contribution >= 0.6 is 0 Å². The lowest BCUT2D eigenvalue weighted by molar-refractivity contribution is -0.127. The van der Waals surface area contributed by atoms with E-state index < -0.39 is 6.09 Å². The fourth-order valence-corrected chi connectivity index (χ4v) is 2.98. The van der Waals surface area contributed by atoms with Gasteiger partial charge in [-0.25, -0.2) is 4.79 Å². The molecule has 7 nitrogen and oxygen atoms in total. The van der Waals surface area contributed by atoms with Crippen molar-refractivity contribution in [2.75, 3.05) is 26.7 Å². The molecular weight excluding hydrogens is 286 g/mol. The van der Waals surface area contributed by atoms with Gasteiger partial charge in [0.2, 0.25) is 5.91 Å². The maximum atomic E-state index is 12.3. The average molecular weight is 309 g/mol. The molecule has 2 heterocycles. The number of likely N-dealkylation sites (N-methyl/N-ethyl adjacent to an activating group) is 1. The molecule has 3 amide bonds.